The Hall–Kier alpha value is -4.07. The third-order valence-corrected chi connectivity index (χ3v) is 6.52. The molecule has 0 bridgehead atoms. The van der Waals surface area contributed by atoms with E-state index in [2.05, 4.69) is 112 Å². The zero-order valence-corrected chi connectivity index (χ0v) is 24.8. The molecule has 0 amide bonds. The van der Waals surface area contributed by atoms with Crippen molar-refractivity contribution in [2.45, 2.75) is 19.8 Å². The second-order valence-corrected chi connectivity index (χ2v) is 9.19. The maximum absolute atomic E-state index is 4.62. The van der Waals surface area contributed by atoms with Crippen LogP contribution in [0.25, 0.3) is 28.0 Å². The molecule has 40 heavy (non-hydrogen) atoms. The van der Waals surface area contributed by atoms with Gasteiger partial charge in [-0.2, -0.15) is 6.08 Å². The van der Waals surface area contributed by atoms with Gasteiger partial charge in [-0.1, -0.05) is 78.4 Å². The average Bonchev–Trinajstić information content (AvgIpc) is 3.01. The molecule has 200 valence electrons. The summed E-state index contributed by atoms with van der Waals surface area (Å²) in [5.41, 5.74) is 9.05. The van der Waals surface area contributed by atoms with Crippen LogP contribution in [0.2, 0.25) is 0 Å². The third kappa shape index (κ3) is 7.11. The van der Waals surface area contributed by atoms with Gasteiger partial charge in [-0.25, -0.2) is 12.7 Å². The van der Waals surface area contributed by atoms with E-state index in [0.29, 0.717) is 12.2 Å². The fraction of sp³-hybridized carbons (Fsp3) is 0.111. The van der Waals surface area contributed by atoms with Crippen molar-refractivity contribution in [2.24, 2.45) is 4.99 Å². The van der Waals surface area contributed by atoms with Crippen LogP contribution in [0.4, 0.5) is 11.4 Å². The number of anilines is 2. The summed E-state index contributed by atoms with van der Waals surface area (Å²) in [6.07, 6.45) is 17.7. The molecule has 0 unspecified atom stereocenters. The Morgan fingerprint density at radius 2 is 1.75 bits per heavy atom. The molecule has 4 aromatic rings. The molecule has 1 aliphatic rings. The van der Waals surface area contributed by atoms with Gasteiger partial charge >= 0.3 is 21.1 Å². The molecule has 0 saturated carbocycles. The van der Waals surface area contributed by atoms with Gasteiger partial charge in [0.05, 0.1) is 0 Å². The van der Waals surface area contributed by atoms with Gasteiger partial charge < -0.3 is 9.88 Å². The minimum absolute atomic E-state index is 0. The fourth-order valence-electron chi connectivity index (χ4n) is 4.59. The zero-order valence-electron chi connectivity index (χ0n) is 22.5. The van der Waals surface area contributed by atoms with Crippen LogP contribution in [-0.4, -0.2) is 17.7 Å². The van der Waals surface area contributed by atoms with Gasteiger partial charge in [0.1, 0.15) is 0 Å². The topological polar surface area (TPSA) is 28.5 Å². The van der Waals surface area contributed by atoms with Crippen LogP contribution in [0.15, 0.2) is 133 Å². The Balaban J connectivity index is 0.00000370. The Morgan fingerprint density at radius 3 is 2.45 bits per heavy atom. The van der Waals surface area contributed by atoms with Crippen molar-refractivity contribution in [1.29, 1.82) is 0 Å². The molecule has 0 atom stereocenters. The number of aromatic nitrogens is 1. The van der Waals surface area contributed by atoms with Crippen LogP contribution in [-0.2, 0) is 21.1 Å². The maximum atomic E-state index is 4.62. The van der Waals surface area contributed by atoms with Crippen molar-refractivity contribution < 1.29 is 21.1 Å². The number of hydrogen-bond acceptors (Lipinski definition) is 3. The van der Waals surface area contributed by atoms with Crippen LogP contribution in [0, 0.1) is 12.1 Å². The van der Waals surface area contributed by atoms with E-state index in [1.807, 2.05) is 43.5 Å². The average molecular weight is 701 g/mol. The van der Waals surface area contributed by atoms with Gasteiger partial charge in [-0.3, -0.25) is 4.99 Å². The van der Waals surface area contributed by atoms with Crippen molar-refractivity contribution in [3.63, 3.8) is 0 Å². The Labute approximate surface area is 252 Å². The minimum atomic E-state index is 0. The van der Waals surface area contributed by atoms with Gasteiger partial charge in [-0.05, 0) is 72.3 Å². The van der Waals surface area contributed by atoms with Gasteiger partial charge in [0.2, 0.25) is 0 Å². The Kier molecular flexibility index (Phi) is 10.4. The fourth-order valence-corrected chi connectivity index (χ4v) is 4.59. The summed E-state index contributed by atoms with van der Waals surface area (Å²) in [6, 6.07) is 32.9. The number of rotatable bonds is 9. The van der Waals surface area contributed by atoms with Crippen molar-refractivity contribution >= 4 is 23.2 Å². The van der Waals surface area contributed by atoms with E-state index in [4.69, 9.17) is 0 Å². The Bertz CT molecular complexity index is 1530. The molecule has 1 heterocycles. The quantitative estimate of drug-likeness (QED) is 0.0991. The predicted octanol–water partition coefficient (Wildman–Crippen LogP) is 9.05. The van der Waals surface area contributed by atoms with Crippen LogP contribution in [0.3, 0.4) is 0 Å². The van der Waals surface area contributed by atoms with E-state index in [1.54, 1.807) is 6.21 Å². The van der Waals surface area contributed by atoms with Crippen molar-refractivity contribution in [3.8, 4) is 22.4 Å². The number of benzene rings is 3. The van der Waals surface area contributed by atoms with E-state index < -0.39 is 0 Å². The summed E-state index contributed by atoms with van der Waals surface area (Å²) in [7, 11) is 0. The van der Waals surface area contributed by atoms with Gasteiger partial charge in [0.15, 0.2) is 0 Å². The second-order valence-electron chi connectivity index (χ2n) is 9.19. The van der Waals surface area contributed by atoms with Gasteiger partial charge in [0, 0.05) is 18.4 Å². The molecule has 0 spiro atoms. The molecular formula is C36H31N3Pt. The number of pyridine rings is 1. The molecule has 3 aromatic carbocycles. The number of hydrogen-bond donors (Lipinski definition) is 0. The molecule has 0 saturated heterocycles. The van der Waals surface area contributed by atoms with Crippen LogP contribution < -0.4 is 4.90 Å². The maximum Gasteiger partial charge on any atom is 2.00 e. The minimum Gasteiger partial charge on any atom is -0.364 e. The molecule has 0 fully saturated rings. The first-order valence-corrected chi connectivity index (χ1v) is 13.3. The summed E-state index contributed by atoms with van der Waals surface area (Å²) in [6.45, 7) is 6.86. The summed E-state index contributed by atoms with van der Waals surface area (Å²) < 4.78 is 0. The SMILES string of the molecule is C=C([C-]=CCN=CC)N(c1[c-]c(-c2ccccn2)cc(C2=CCCC=C2)c1)c1ccc(-c2ccccc2)cc1.[Pt+2]. The van der Waals surface area contributed by atoms with Crippen molar-refractivity contribution in [3.05, 3.63) is 145 Å². The van der Waals surface area contributed by atoms with E-state index in [1.165, 1.54) is 11.1 Å². The molecule has 1 aliphatic carbocycles. The van der Waals surface area contributed by atoms with Crippen LogP contribution in [0.5, 0.6) is 0 Å². The number of allylic oxidation sites excluding steroid dienone is 5. The smallest absolute Gasteiger partial charge is 0.364 e. The summed E-state index contributed by atoms with van der Waals surface area (Å²) >= 11 is 0. The van der Waals surface area contributed by atoms with Crippen molar-refractivity contribution in [2.75, 3.05) is 11.4 Å². The first kappa shape index (κ1) is 28.9. The van der Waals surface area contributed by atoms with Gasteiger partial charge in [-0.15, -0.1) is 29.5 Å². The monoisotopic (exact) mass is 700 g/mol. The van der Waals surface area contributed by atoms with Crippen LogP contribution in [0.1, 0.15) is 25.3 Å². The van der Waals surface area contributed by atoms with E-state index in [-0.39, 0.29) is 21.1 Å². The number of nitrogens with zero attached hydrogens (tertiary/aromatic N) is 3. The van der Waals surface area contributed by atoms with E-state index in [9.17, 15) is 0 Å². The molecule has 5 rings (SSSR count). The first-order chi connectivity index (χ1) is 19.2. The van der Waals surface area contributed by atoms with Crippen molar-refractivity contribution in [1.82, 2.24) is 4.98 Å². The van der Waals surface area contributed by atoms with E-state index >= 15 is 0 Å². The molecule has 4 heteroatoms. The molecule has 1 aromatic heterocycles. The summed E-state index contributed by atoms with van der Waals surface area (Å²) in [5, 5.41) is 0. The standard InChI is InChI=1S/C36H31N3.Pt/c1-3-37-23-12-13-28(2)39(34-21-19-31(20-22-34)29-14-6-4-7-15-29)35-26-32(30-16-8-5-9-17-30)25-33(27-35)36-18-10-11-24-38-36;/h3-4,6-8,10-12,14-22,24-26H,2,5,9,23H2,1H3;/q-2;+2. The molecular weight excluding hydrogens is 669 g/mol. The van der Waals surface area contributed by atoms with Gasteiger partial charge in [0.25, 0.3) is 0 Å². The van der Waals surface area contributed by atoms with Crippen LogP contribution >= 0.6 is 0 Å². The number of aliphatic imine (C=N–C) groups is 1. The zero-order chi connectivity index (χ0) is 26.9. The third-order valence-electron chi connectivity index (χ3n) is 6.52. The van der Waals surface area contributed by atoms with E-state index in [0.717, 1.165) is 46.6 Å². The second kappa shape index (κ2) is 14.4. The largest absolute Gasteiger partial charge is 2.00 e. The Morgan fingerprint density at radius 1 is 0.975 bits per heavy atom. The predicted molar refractivity (Wildman–Crippen MR) is 165 cm³/mol. The molecule has 3 nitrogen and oxygen atoms in total. The normalized spacial score (nSPS) is 12.8. The molecule has 0 N–H and O–H groups in total. The summed E-state index contributed by atoms with van der Waals surface area (Å²) in [5.74, 6) is 0. The molecule has 0 radical (unpaired) electrons. The first-order valence-electron chi connectivity index (χ1n) is 13.3. The molecule has 0 aliphatic heterocycles. The summed E-state index contributed by atoms with van der Waals surface area (Å²) in [4.78, 5) is 11.0.